The van der Waals surface area contributed by atoms with Gasteiger partial charge in [0, 0.05) is 13.0 Å². The first-order valence-electron chi connectivity index (χ1n) is 5.47. The maximum atomic E-state index is 11.8. The molecule has 0 aromatic heterocycles. The van der Waals surface area contributed by atoms with Gasteiger partial charge in [-0.2, -0.15) is 0 Å². The summed E-state index contributed by atoms with van der Waals surface area (Å²) in [5, 5.41) is 4.22. The maximum Gasteiger partial charge on any atom is 0.228 e. The van der Waals surface area contributed by atoms with Crippen LogP contribution in [-0.4, -0.2) is 26.1 Å². The van der Waals surface area contributed by atoms with Crippen molar-refractivity contribution in [3.63, 3.8) is 0 Å². The van der Waals surface area contributed by atoms with Crippen LogP contribution < -0.4 is 15.8 Å². The molecule has 0 saturated carbocycles. The molecule has 1 saturated heterocycles. The van der Waals surface area contributed by atoms with Gasteiger partial charge in [0.25, 0.3) is 0 Å². The van der Waals surface area contributed by atoms with Crippen LogP contribution in [0.15, 0.2) is 18.2 Å². The topological polar surface area (TPSA) is 106 Å². The Morgan fingerprint density at radius 3 is 2.61 bits per heavy atom. The van der Waals surface area contributed by atoms with Crippen molar-refractivity contribution in [2.24, 2.45) is 5.14 Å². The molecule has 1 unspecified atom stereocenters. The minimum absolute atomic E-state index is 0.0608. The molecule has 0 spiro atoms. The average molecular weight is 269 g/mol. The minimum Gasteiger partial charge on any atom is -0.397 e. The SMILES string of the molecule is Cc1ccc(N)c(N2CC(S(N)(=O)=O)CC2=O)c1. The second kappa shape index (κ2) is 4.25. The Morgan fingerprint density at radius 1 is 1.39 bits per heavy atom. The summed E-state index contributed by atoms with van der Waals surface area (Å²) in [4.78, 5) is 13.2. The smallest absolute Gasteiger partial charge is 0.228 e. The Kier molecular flexibility index (Phi) is 3.04. The molecule has 0 radical (unpaired) electrons. The lowest BCUT2D eigenvalue weighted by Gasteiger charge is -2.19. The normalized spacial score (nSPS) is 20.4. The number of sulfonamides is 1. The molecule has 1 heterocycles. The highest BCUT2D eigenvalue weighted by Crippen LogP contribution is 2.29. The summed E-state index contributed by atoms with van der Waals surface area (Å²) in [5.74, 6) is -0.272. The number of nitrogens with zero attached hydrogens (tertiary/aromatic N) is 1. The van der Waals surface area contributed by atoms with Crippen molar-refractivity contribution in [1.82, 2.24) is 0 Å². The van der Waals surface area contributed by atoms with E-state index in [2.05, 4.69) is 0 Å². The summed E-state index contributed by atoms with van der Waals surface area (Å²) >= 11 is 0. The van der Waals surface area contributed by atoms with Crippen molar-refractivity contribution in [1.29, 1.82) is 0 Å². The van der Waals surface area contributed by atoms with E-state index in [0.29, 0.717) is 11.4 Å². The highest BCUT2D eigenvalue weighted by atomic mass is 32.2. The van der Waals surface area contributed by atoms with E-state index in [0.717, 1.165) is 5.56 Å². The molecule has 1 aromatic carbocycles. The number of nitrogens with two attached hydrogens (primary N) is 2. The van der Waals surface area contributed by atoms with E-state index >= 15 is 0 Å². The minimum atomic E-state index is -3.70. The number of hydrogen-bond donors (Lipinski definition) is 2. The molecule has 18 heavy (non-hydrogen) atoms. The fourth-order valence-electron chi connectivity index (χ4n) is 2.02. The van der Waals surface area contributed by atoms with E-state index in [1.165, 1.54) is 4.90 Å². The van der Waals surface area contributed by atoms with Crippen LogP contribution >= 0.6 is 0 Å². The van der Waals surface area contributed by atoms with Crippen LogP contribution in [0.25, 0.3) is 0 Å². The van der Waals surface area contributed by atoms with E-state index in [9.17, 15) is 13.2 Å². The molecular weight excluding hydrogens is 254 g/mol. The summed E-state index contributed by atoms with van der Waals surface area (Å²) in [6, 6.07) is 5.29. The molecule has 6 nitrogen and oxygen atoms in total. The molecule has 1 atom stereocenters. The van der Waals surface area contributed by atoms with E-state index in [4.69, 9.17) is 10.9 Å². The highest BCUT2D eigenvalue weighted by molar-refractivity contribution is 7.89. The van der Waals surface area contributed by atoms with Crippen molar-refractivity contribution in [2.75, 3.05) is 17.2 Å². The quantitative estimate of drug-likeness (QED) is 0.735. The lowest BCUT2D eigenvalue weighted by molar-refractivity contribution is -0.117. The fraction of sp³-hybridized carbons (Fsp3) is 0.364. The summed E-state index contributed by atoms with van der Waals surface area (Å²) in [6.07, 6.45) is -0.0911. The molecular formula is C11H15N3O3S. The number of nitrogen functional groups attached to an aromatic ring is 1. The standard InChI is InChI=1S/C11H15N3O3S/c1-7-2-3-9(12)10(4-7)14-6-8(5-11(14)15)18(13,16)17/h2-4,8H,5-6,12H2,1H3,(H2,13,16,17). The number of hydrogen-bond acceptors (Lipinski definition) is 4. The van der Waals surface area contributed by atoms with Gasteiger partial charge in [0.15, 0.2) is 0 Å². The molecule has 98 valence electrons. The zero-order chi connectivity index (χ0) is 13.5. The van der Waals surface area contributed by atoms with Gasteiger partial charge in [-0.05, 0) is 24.6 Å². The van der Waals surface area contributed by atoms with Gasteiger partial charge in [-0.1, -0.05) is 6.07 Å². The van der Waals surface area contributed by atoms with Gasteiger partial charge in [0.05, 0.1) is 11.4 Å². The third kappa shape index (κ3) is 2.32. The number of aryl methyl sites for hydroxylation is 1. The predicted molar refractivity (Wildman–Crippen MR) is 69.5 cm³/mol. The molecule has 1 fully saturated rings. The number of primary sulfonamides is 1. The van der Waals surface area contributed by atoms with Crippen LogP contribution in [0.2, 0.25) is 0 Å². The van der Waals surface area contributed by atoms with Crippen LogP contribution in [0.3, 0.4) is 0 Å². The molecule has 7 heteroatoms. The van der Waals surface area contributed by atoms with E-state index in [-0.39, 0.29) is 18.9 Å². The van der Waals surface area contributed by atoms with Crippen molar-refractivity contribution in [3.05, 3.63) is 23.8 Å². The number of benzene rings is 1. The van der Waals surface area contributed by atoms with Gasteiger partial charge < -0.3 is 10.6 Å². The molecule has 2 rings (SSSR count). The lowest BCUT2D eigenvalue weighted by atomic mass is 10.2. The van der Waals surface area contributed by atoms with Crippen molar-refractivity contribution < 1.29 is 13.2 Å². The second-order valence-corrected chi connectivity index (χ2v) is 6.33. The van der Waals surface area contributed by atoms with Crippen molar-refractivity contribution >= 4 is 27.3 Å². The predicted octanol–water partition coefficient (Wildman–Crippen LogP) is -0.0290. The zero-order valence-corrected chi connectivity index (χ0v) is 10.8. The Morgan fingerprint density at radius 2 is 2.06 bits per heavy atom. The van der Waals surface area contributed by atoms with Crippen LogP contribution in [0.4, 0.5) is 11.4 Å². The number of anilines is 2. The third-order valence-corrected chi connectivity index (χ3v) is 4.28. The zero-order valence-electron chi connectivity index (χ0n) is 9.96. The number of rotatable bonds is 2. The van der Waals surface area contributed by atoms with E-state index in [1.807, 2.05) is 13.0 Å². The van der Waals surface area contributed by atoms with Gasteiger partial charge in [-0.15, -0.1) is 0 Å². The van der Waals surface area contributed by atoms with E-state index < -0.39 is 15.3 Å². The molecule has 1 aromatic rings. The maximum absolute atomic E-state index is 11.8. The van der Waals surface area contributed by atoms with Gasteiger partial charge >= 0.3 is 0 Å². The summed E-state index contributed by atoms with van der Waals surface area (Å²) in [7, 11) is -3.70. The van der Waals surface area contributed by atoms with Crippen molar-refractivity contribution in [2.45, 2.75) is 18.6 Å². The first-order valence-corrected chi connectivity index (χ1v) is 7.08. The number of carbonyl (C=O) groups excluding carboxylic acids is 1. The van der Waals surface area contributed by atoms with Gasteiger partial charge in [0.2, 0.25) is 15.9 Å². The Hall–Kier alpha value is -1.60. The molecule has 0 aliphatic carbocycles. The summed E-state index contributed by atoms with van der Waals surface area (Å²) in [5.41, 5.74) is 7.76. The van der Waals surface area contributed by atoms with Gasteiger partial charge in [-0.25, -0.2) is 13.6 Å². The summed E-state index contributed by atoms with van der Waals surface area (Å²) in [6.45, 7) is 1.94. The van der Waals surface area contributed by atoms with Crippen LogP contribution in [0.5, 0.6) is 0 Å². The second-order valence-electron chi connectivity index (χ2n) is 4.48. The highest BCUT2D eigenvalue weighted by Gasteiger charge is 2.37. The molecule has 1 amide bonds. The number of carbonyl (C=O) groups is 1. The molecule has 0 bridgehead atoms. The van der Waals surface area contributed by atoms with Gasteiger partial charge in [0.1, 0.15) is 5.25 Å². The Balaban J connectivity index is 2.35. The Bertz CT molecular complexity index is 598. The lowest BCUT2D eigenvalue weighted by Crippen LogP contribution is -2.32. The molecule has 1 aliphatic rings. The average Bonchev–Trinajstić information content (AvgIpc) is 2.64. The van der Waals surface area contributed by atoms with E-state index in [1.54, 1.807) is 12.1 Å². The molecule has 4 N–H and O–H groups in total. The van der Waals surface area contributed by atoms with Crippen molar-refractivity contribution in [3.8, 4) is 0 Å². The van der Waals surface area contributed by atoms with Crippen LogP contribution in [0.1, 0.15) is 12.0 Å². The van der Waals surface area contributed by atoms with Gasteiger partial charge in [-0.3, -0.25) is 4.79 Å². The number of amides is 1. The monoisotopic (exact) mass is 269 g/mol. The first kappa shape index (κ1) is 12.8. The summed E-state index contributed by atoms with van der Waals surface area (Å²) < 4.78 is 22.6. The van der Waals surface area contributed by atoms with Crippen LogP contribution in [-0.2, 0) is 14.8 Å². The fourth-order valence-corrected chi connectivity index (χ4v) is 2.75. The molecule has 1 aliphatic heterocycles. The third-order valence-electron chi connectivity index (χ3n) is 3.03. The van der Waals surface area contributed by atoms with Crippen LogP contribution in [0, 0.1) is 6.92 Å². The Labute approximate surface area is 106 Å². The largest absolute Gasteiger partial charge is 0.397 e. The first-order chi connectivity index (χ1) is 8.29.